The van der Waals surface area contributed by atoms with Gasteiger partial charge in [0.05, 0.1) is 31.6 Å². The predicted octanol–water partition coefficient (Wildman–Crippen LogP) is 5.05. The molecule has 0 saturated heterocycles. The van der Waals surface area contributed by atoms with Crippen LogP contribution in [0.3, 0.4) is 0 Å². The summed E-state index contributed by atoms with van der Waals surface area (Å²) >= 11 is 5.47. The van der Waals surface area contributed by atoms with Crippen LogP contribution in [0, 0.1) is 3.57 Å². The van der Waals surface area contributed by atoms with Crippen molar-refractivity contribution in [2.24, 2.45) is 5.10 Å². The van der Waals surface area contributed by atoms with E-state index in [-0.39, 0.29) is 11.7 Å². The van der Waals surface area contributed by atoms with E-state index in [0.29, 0.717) is 28.2 Å². The highest BCUT2D eigenvalue weighted by Crippen LogP contribution is 2.29. The number of methoxy groups -OCH3 is 2. The lowest BCUT2D eigenvalue weighted by atomic mass is 10.2. The molecule has 0 saturated carbocycles. The average Bonchev–Trinajstić information content (AvgIpc) is 2.80. The molecule has 1 N–H and O–H groups in total. The Kier molecular flexibility index (Phi) is 8.23. The average molecular weight is 609 g/mol. The van der Waals surface area contributed by atoms with Crippen LogP contribution in [0.4, 0.5) is 0 Å². The Bertz CT molecular complexity index is 1180. The van der Waals surface area contributed by atoms with Crippen molar-refractivity contribution in [3.05, 3.63) is 85.4 Å². The molecule has 0 radical (unpaired) electrons. The van der Waals surface area contributed by atoms with Crippen LogP contribution in [0.15, 0.2) is 70.2 Å². The van der Waals surface area contributed by atoms with Crippen molar-refractivity contribution in [2.75, 3.05) is 14.2 Å². The van der Waals surface area contributed by atoms with Crippen LogP contribution >= 0.6 is 38.5 Å². The molecule has 164 valence electrons. The third kappa shape index (κ3) is 5.86. The van der Waals surface area contributed by atoms with E-state index in [2.05, 4.69) is 49.0 Å². The topological polar surface area (TPSA) is 86.2 Å². The van der Waals surface area contributed by atoms with Gasteiger partial charge in [-0.3, -0.25) is 4.79 Å². The van der Waals surface area contributed by atoms with E-state index in [1.54, 1.807) is 42.5 Å². The first kappa shape index (κ1) is 23.7. The Balaban J connectivity index is 1.78. The van der Waals surface area contributed by atoms with Gasteiger partial charge in [-0.05, 0) is 71.1 Å². The Hall–Kier alpha value is -2.92. The molecule has 0 aromatic heterocycles. The number of benzene rings is 3. The number of ether oxygens (including phenoxy) is 3. The molecule has 0 atom stereocenters. The summed E-state index contributed by atoms with van der Waals surface area (Å²) in [6.07, 6.45) is 1.41. The molecule has 1 amide bonds. The number of esters is 1. The van der Waals surface area contributed by atoms with Gasteiger partial charge >= 0.3 is 5.97 Å². The summed E-state index contributed by atoms with van der Waals surface area (Å²) in [7, 11) is 3.00. The van der Waals surface area contributed by atoms with E-state index in [4.69, 9.17) is 14.2 Å². The highest BCUT2D eigenvalue weighted by Gasteiger charge is 2.15. The van der Waals surface area contributed by atoms with Gasteiger partial charge in [-0.1, -0.05) is 28.1 Å². The monoisotopic (exact) mass is 608 g/mol. The lowest BCUT2D eigenvalue weighted by molar-refractivity contribution is 0.0733. The van der Waals surface area contributed by atoms with Crippen LogP contribution in [0.5, 0.6) is 17.2 Å². The smallest absolute Gasteiger partial charge is 0.343 e. The lowest BCUT2D eigenvalue weighted by Crippen LogP contribution is -2.18. The summed E-state index contributed by atoms with van der Waals surface area (Å²) in [5.74, 6) is 0.276. The van der Waals surface area contributed by atoms with E-state index < -0.39 is 5.97 Å². The minimum absolute atomic E-state index is 0.278. The summed E-state index contributed by atoms with van der Waals surface area (Å²) < 4.78 is 17.6. The third-order valence-electron chi connectivity index (χ3n) is 4.28. The molecule has 3 aromatic rings. The van der Waals surface area contributed by atoms with Crippen LogP contribution in [-0.2, 0) is 0 Å². The molecule has 0 bridgehead atoms. The Morgan fingerprint density at radius 1 is 0.969 bits per heavy atom. The predicted molar refractivity (Wildman–Crippen MR) is 133 cm³/mol. The molecule has 0 spiro atoms. The van der Waals surface area contributed by atoms with Crippen molar-refractivity contribution in [2.45, 2.75) is 0 Å². The minimum atomic E-state index is -0.578. The lowest BCUT2D eigenvalue weighted by Gasteiger charge is -2.11. The highest BCUT2D eigenvalue weighted by molar-refractivity contribution is 14.1. The van der Waals surface area contributed by atoms with Crippen molar-refractivity contribution in [3.8, 4) is 17.2 Å². The van der Waals surface area contributed by atoms with Gasteiger partial charge < -0.3 is 14.2 Å². The number of hydrogen-bond acceptors (Lipinski definition) is 6. The van der Waals surface area contributed by atoms with Crippen molar-refractivity contribution < 1.29 is 23.8 Å². The van der Waals surface area contributed by atoms with Gasteiger partial charge in [0.15, 0.2) is 11.5 Å². The number of hydrogen-bond donors (Lipinski definition) is 1. The standard InChI is InChI=1S/C23H18BrIN2O5/c1-30-20-9-7-14(12-21(20)31-2)23(29)32-19-10-8-16(24)11-15(19)13-26-27-22(28)17-5-3-4-6-18(17)25/h3-13H,1-2H3,(H,27,28). The number of nitrogens with one attached hydrogen (secondary N) is 1. The largest absolute Gasteiger partial charge is 0.493 e. The van der Waals surface area contributed by atoms with Gasteiger partial charge in [-0.25, -0.2) is 10.2 Å². The fourth-order valence-corrected chi connectivity index (χ4v) is 3.71. The second-order valence-corrected chi connectivity index (χ2v) is 8.40. The number of carbonyl (C=O) groups is 2. The molecular weight excluding hydrogens is 591 g/mol. The third-order valence-corrected chi connectivity index (χ3v) is 5.72. The van der Waals surface area contributed by atoms with Crippen LogP contribution in [-0.4, -0.2) is 32.3 Å². The molecule has 0 fully saturated rings. The molecule has 9 heteroatoms. The zero-order chi connectivity index (χ0) is 23.1. The van der Waals surface area contributed by atoms with Gasteiger partial charge in [0.2, 0.25) is 0 Å². The van der Waals surface area contributed by atoms with Crippen molar-refractivity contribution >= 4 is 56.6 Å². The fourth-order valence-electron chi connectivity index (χ4n) is 2.70. The molecule has 3 aromatic carbocycles. The van der Waals surface area contributed by atoms with Crippen molar-refractivity contribution in [3.63, 3.8) is 0 Å². The SMILES string of the molecule is COc1ccc(C(=O)Oc2ccc(Br)cc2C=NNC(=O)c2ccccc2I)cc1OC. The summed E-state index contributed by atoms with van der Waals surface area (Å²) in [4.78, 5) is 25.0. The molecule has 3 rings (SSSR count). The second kappa shape index (κ2) is 11.1. The number of amides is 1. The second-order valence-electron chi connectivity index (χ2n) is 6.32. The van der Waals surface area contributed by atoms with E-state index in [1.807, 2.05) is 12.1 Å². The zero-order valence-electron chi connectivity index (χ0n) is 17.1. The number of rotatable bonds is 7. The molecule has 0 heterocycles. The van der Waals surface area contributed by atoms with Gasteiger partial charge in [0.1, 0.15) is 5.75 Å². The quantitative estimate of drug-likeness (QED) is 0.133. The van der Waals surface area contributed by atoms with Crippen molar-refractivity contribution in [1.82, 2.24) is 5.43 Å². The molecular formula is C23H18BrIN2O5. The van der Waals surface area contributed by atoms with Gasteiger partial charge in [0, 0.05) is 13.6 Å². The summed E-state index contributed by atoms with van der Waals surface area (Å²) in [5.41, 5.74) is 3.79. The maximum atomic E-state index is 12.7. The highest BCUT2D eigenvalue weighted by atomic mass is 127. The van der Waals surface area contributed by atoms with Gasteiger partial charge in [-0.15, -0.1) is 0 Å². The minimum Gasteiger partial charge on any atom is -0.493 e. The first-order chi connectivity index (χ1) is 15.4. The van der Waals surface area contributed by atoms with E-state index in [0.717, 1.165) is 8.04 Å². The molecule has 7 nitrogen and oxygen atoms in total. The van der Waals surface area contributed by atoms with E-state index in [9.17, 15) is 9.59 Å². The summed E-state index contributed by atoms with van der Waals surface area (Å²) in [6.45, 7) is 0. The number of carbonyl (C=O) groups excluding carboxylic acids is 2. The molecule has 0 aliphatic heterocycles. The van der Waals surface area contributed by atoms with Crippen molar-refractivity contribution in [1.29, 1.82) is 0 Å². The van der Waals surface area contributed by atoms with Crippen LogP contribution in [0.1, 0.15) is 26.3 Å². The normalized spacial score (nSPS) is 10.6. The van der Waals surface area contributed by atoms with E-state index >= 15 is 0 Å². The van der Waals surface area contributed by atoms with Gasteiger partial charge in [-0.2, -0.15) is 5.10 Å². The first-order valence-electron chi connectivity index (χ1n) is 9.24. The molecule has 0 unspecified atom stereocenters. The Morgan fingerprint density at radius 3 is 2.41 bits per heavy atom. The molecule has 32 heavy (non-hydrogen) atoms. The van der Waals surface area contributed by atoms with E-state index in [1.165, 1.54) is 26.5 Å². The number of nitrogens with zero attached hydrogens (tertiary/aromatic N) is 1. The number of halogens is 2. The first-order valence-corrected chi connectivity index (χ1v) is 11.1. The van der Waals surface area contributed by atoms with Crippen LogP contribution in [0.2, 0.25) is 0 Å². The molecule has 0 aliphatic carbocycles. The molecule has 0 aliphatic rings. The summed E-state index contributed by atoms with van der Waals surface area (Å²) in [5, 5.41) is 4.01. The maximum absolute atomic E-state index is 12.7. The Labute approximate surface area is 207 Å². The summed E-state index contributed by atoms with van der Waals surface area (Å²) in [6, 6.07) is 17.0. The maximum Gasteiger partial charge on any atom is 0.343 e. The van der Waals surface area contributed by atoms with Crippen LogP contribution in [0.25, 0.3) is 0 Å². The fraction of sp³-hybridized carbons (Fsp3) is 0.0870. The van der Waals surface area contributed by atoms with Crippen LogP contribution < -0.4 is 19.6 Å². The number of hydrazone groups is 1. The Morgan fingerprint density at radius 2 is 1.69 bits per heavy atom. The van der Waals surface area contributed by atoms with Gasteiger partial charge in [0.25, 0.3) is 5.91 Å². The zero-order valence-corrected chi connectivity index (χ0v) is 20.8.